The van der Waals surface area contributed by atoms with Crippen LogP contribution in [0.25, 0.3) is 0 Å². The van der Waals surface area contributed by atoms with Crippen LogP contribution in [0.4, 0.5) is 0 Å². The highest BCUT2D eigenvalue weighted by Gasteiger charge is 2.08. The largest absolute Gasteiger partial charge is 0.0594 e. The quantitative estimate of drug-likeness (QED) is 0.309. The second-order valence-corrected chi connectivity index (χ2v) is 2.82. The normalized spacial score (nSPS) is 9.25. The van der Waals surface area contributed by atoms with Crippen LogP contribution in [0.15, 0.2) is 0 Å². The molecule has 0 radical (unpaired) electrons. The molecule has 0 aliphatic rings. The van der Waals surface area contributed by atoms with E-state index in [0.717, 1.165) is 7.06 Å². The van der Waals surface area contributed by atoms with Crippen LogP contribution in [0.2, 0.25) is 0 Å². The monoisotopic (exact) mass is 100 g/mol. The molecule has 0 nitrogen and oxygen atoms in total. The minimum atomic E-state index is 0.134. The number of hydrogen-bond donors (Lipinski definition) is 0. The first-order valence-corrected chi connectivity index (χ1v) is 3.51. The Balaban J connectivity index is 3.58. The average Bonchev–Trinajstić information content (AvgIpc) is 1.84. The van der Waals surface area contributed by atoms with Crippen LogP contribution in [0, 0.1) is 0 Å². The van der Waals surface area contributed by atoms with Crippen molar-refractivity contribution in [2.75, 3.05) is 0 Å². The topological polar surface area (TPSA) is 0 Å². The van der Waals surface area contributed by atoms with E-state index < -0.39 is 0 Å². The first kappa shape index (κ1) is 6.64. The molecule has 0 bridgehead atoms. The van der Waals surface area contributed by atoms with E-state index in [4.69, 9.17) is 1.34 Å². The van der Waals surface area contributed by atoms with Crippen molar-refractivity contribution in [3.05, 3.63) is 0 Å². The van der Waals surface area contributed by atoms with Crippen LogP contribution in [0.5, 0.6) is 0 Å². The van der Waals surface area contributed by atoms with Crippen molar-refractivity contribution in [3.63, 3.8) is 0 Å². The Labute approximate surface area is 59.8 Å². The molecule has 0 aromatic heterocycles. The van der Waals surface area contributed by atoms with Crippen molar-refractivity contribution in [3.8, 4) is 0 Å². The molecule has 0 heterocycles. The van der Waals surface area contributed by atoms with Crippen LogP contribution in [0.1, 0.15) is 0 Å². The number of rotatable bonds is 3. The summed E-state index contributed by atoms with van der Waals surface area (Å²) in [6.07, 6.45) is 1.07. The second-order valence-electron chi connectivity index (χ2n) is 2.82. The van der Waals surface area contributed by atoms with E-state index in [1.165, 1.54) is 0 Å². The van der Waals surface area contributed by atoms with Crippen molar-refractivity contribution >= 4 is 57.8 Å². The van der Waals surface area contributed by atoms with Gasteiger partial charge >= 0.3 is 0 Å². The van der Waals surface area contributed by atoms with Crippen LogP contribution >= 0.6 is 0 Å². The molecule has 0 aromatic carbocycles. The maximum atomic E-state index is 7.63. The third kappa shape index (κ3) is 4.67. The molecule has 0 saturated carbocycles. The molecule has 0 unspecified atom stereocenters. The lowest BCUT2D eigenvalue weighted by molar-refractivity contribution is 3.71. The van der Waals surface area contributed by atoms with Gasteiger partial charge in [0.15, 0.2) is 0 Å². The van der Waals surface area contributed by atoms with Gasteiger partial charge in [-0.15, -0.1) is 0 Å². The molecule has 0 spiro atoms. The third-order valence-corrected chi connectivity index (χ3v) is 1.36. The molecule has 0 aliphatic carbocycles. The Morgan fingerprint density at radius 3 is 2.00 bits per heavy atom. The fraction of sp³-hybridized carbons (Fsp3) is 0. The fourth-order valence-electron chi connectivity index (χ4n) is 0.793. The maximum Gasteiger partial charge on any atom is 0.0594 e. The van der Waals surface area contributed by atoms with Crippen molar-refractivity contribution in [1.29, 1.82) is 1.34 Å². The van der Waals surface area contributed by atoms with Crippen molar-refractivity contribution in [2.45, 2.75) is 0 Å². The first-order chi connectivity index (χ1) is 4.09. The van der Waals surface area contributed by atoms with E-state index in [-0.39, 0.29) is 7.02 Å². The Bertz CT molecular complexity index is 69.0. The zero-order chi connectivity index (χ0) is 7.44. The van der Waals surface area contributed by atoms with Gasteiger partial charge in [-0.05, 0) is 1.34 Å². The molecule has 0 rings (SSSR count). The van der Waals surface area contributed by atoms with E-state index in [1.807, 2.05) is 0 Å². The van der Waals surface area contributed by atoms with Crippen LogP contribution in [0.3, 0.4) is 0 Å². The molecule has 8 heteroatoms. The lowest BCUT2D eigenvalue weighted by Crippen LogP contribution is -2.42. The summed E-state index contributed by atoms with van der Waals surface area (Å²) in [7, 11) is 9.79. The average molecular weight is 98.6 g/mol. The lowest BCUT2D eigenvalue weighted by atomic mass is 8.77. The third-order valence-electron chi connectivity index (χ3n) is 1.36. The highest BCUT2D eigenvalue weighted by molar-refractivity contribution is 7.80. The van der Waals surface area contributed by atoms with Gasteiger partial charge in [-0.1, -0.05) is 0 Å². The van der Waals surface area contributed by atoms with Gasteiger partial charge in [-0.25, -0.2) is 0 Å². The van der Waals surface area contributed by atoms with E-state index in [9.17, 15) is 0 Å². The Morgan fingerprint density at radius 2 is 1.88 bits per heavy atom. The van der Waals surface area contributed by atoms with Gasteiger partial charge in [-0.2, -0.15) is 0 Å². The summed E-state index contributed by atoms with van der Waals surface area (Å²) in [5.74, 6) is 0. The highest BCUT2D eigenvalue weighted by atomic mass is 12.9. The Morgan fingerprint density at radius 1 is 1.38 bits per heavy atom. The summed E-state index contributed by atoms with van der Waals surface area (Å²) in [4.78, 5) is 0. The molecule has 0 N–H and O–H groups in total. The second kappa shape index (κ2) is 4.40. The standard InChI is InChI=1S/B8H10/c1-5-8(4)6-7(2)3/h5-6H,1-4H2/i6T. The SMILES string of the molecule is [3H]B(B(B)B)B(B)BB. The summed E-state index contributed by atoms with van der Waals surface area (Å²) < 4.78 is 7.63. The minimum Gasteiger partial charge on any atom is -0.0387 e. The van der Waals surface area contributed by atoms with Gasteiger partial charge in [0.2, 0.25) is 0 Å². The Kier molecular flexibility index (Phi) is 3.65. The van der Waals surface area contributed by atoms with E-state index in [0.29, 0.717) is 12.8 Å². The lowest BCUT2D eigenvalue weighted by Gasteiger charge is -2.01. The van der Waals surface area contributed by atoms with Crippen molar-refractivity contribution in [1.82, 2.24) is 0 Å². The predicted octanol–water partition coefficient (Wildman–Crippen LogP) is -5.72. The van der Waals surface area contributed by atoms with Crippen LogP contribution < -0.4 is 0 Å². The molecule has 34 valence electrons. The van der Waals surface area contributed by atoms with E-state index in [1.54, 1.807) is 0 Å². The van der Waals surface area contributed by atoms with Crippen LogP contribution in [-0.2, 0) is 0 Å². The van der Waals surface area contributed by atoms with Gasteiger partial charge in [-0.3, -0.25) is 0 Å². The Hall–Kier alpha value is 0.519. The smallest absolute Gasteiger partial charge is 0.0387 e. The molecular weight excluding hydrogens is 86.5 g/mol. The molecule has 0 amide bonds. The van der Waals surface area contributed by atoms with Crippen molar-refractivity contribution in [2.24, 2.45) is 0 Å². The summed E-state index contributed by atoms with van der Waals surface area (Å²) in [6, 6.07) is 0. The molecule has 0 fully saturated rings. The molecule has 8 heavy (non-hydrogen) atoms. The maximum absolute atomic E-state index is 7.63. The fourth-order valence-corrected chi connectivity index (χ4v) is 0.793. The summed E-state index contributed by atoms with van der Waals surface area (Å²) in [5.41, 5.74) is 0. The first-order valence-electron chi connectivity index (χ1n) is 4.09. The summed E-state index contributed by atoms with van der Waals surface area (Å²) in [5, 5.41) is 0. The van der Waals surface area contributed by atoms with Gasteiger partial charge in [0.05, 0.1) is 30.9 Å². The van der Waals surface area contributed by atoms with Gasteiger partial charge in [0.25, 0.3) is 0 Å². The summed E-state index contributed by atoms with van der Waals surface area (Å²) in [6.45, 7) is 0. The van der Waals surface area contributed by atoms with E-state index in [2.05, 4.69) is 30.9 Å². The molecule has 0 atom stereocenters. The molecule has 0 aliphatic heterocycles. The van der Waals surface area contributed by atoms with Gasteiger partial charge in [0.1, 0.15) is 0 Å². The zero-order valence-corrected chi connectivity index (χ0v) is 6.44. The van der Waals surface area contributed by atoms with E-state index >= 15 is 0 Å². The molecule has 0 saturated heterocycles. The molecular formula is H10B8. The zero-order valence-electron chi connectivity index (χ0n) is 7.44. The van der Waals surface area contributed by atoms with Gasteiger partial charge < -0.3 is 0 Å². The number of hydrogen-bond acceptors (Lipinski definition) is 0. The van der Waals surface area contributed by atoms with Crippen LogP contribution in [-0.4, -0.2) is 59.1 Å². The highest BCUT2D eigenvalue weighted by Crippen LogP contribution is 1.67. The van der Waals surface area contributed by atoms with Crippen molar-refractivity contribution < 1.29 is 0 Å². The van der Waals surface area contributed by atoms with Gasteiger partial charge in [0, 0.05) is 26.9 Å². The predicted molar refractivity (Wildman–Crippen MR) is 60.0 cm³/mol. The minimum absolute atomic E-state index is 0.134. The molecule has 0 aromatic rings. The summed E-state index contributed by atoms with van der Waals surface area (Å²) >= 11 is 0.